The number of likely N-dealkylation sites (tertiary alicyclic amines) is 1. The maximum atomic E-state index is 12.5. The SMILES string of the molecule is CCOc1cc(C(=O)N2CCC(C)(CN)C2)ccc1C. The first-order valence-electron chi connectivity index (χ1n) is 7.22. The third kappa shape index (κ3) is 2.96. The molecular weight excluding hydrogens is 252 g/mol. The standard InChI is InChI=1S/C16H24N2O2/c1-4-20-14-9-13(6-5-12(14)2)15(19)18-8-7-16(3,10-17)11-18/h5-6,9H,4,7-8,10-11,17H2,1-3H3. The summed E-state index contributed by atoms with van der Waals surface area (Å²) in [4.78, 5) is 14.4. The van der Waals surface area contributed by atoms with Crippen LogP contribution in [0.3, 0.4) is 0 Å². The number of aryl methyl sites for hydroxylation is 1. The molecule has 2 rings (SSSR count). The predicted octanol–water partition coefficient (Wildman–Crippen LogP) is 2.20. The van der Waals surface area contributed by atoms with Gasteiger partial charge in [-0.1, -0.05) is 13.0 Å². The van der Waals surface area contributed by atoms with Crippen LogP contribution < -0.4 is 10.5 Å². The van der Waals surface area contributed by atoms with E-state index in [0.29, 0.717) is 18.7 Å². The highest BCUT2D eigenvalue weighted by atomic mass is 16.5. The molecule has 1 fully saturated rings. The molecule has 4 nitrogen and oxygen atoms in total. The Balaban J connectivity index is 2.16. The van der Waals surface area contributed by atoms with E-state index in [4.69, 9.17) is 10.5 Å². The Morgan fingerprint density at radius 2 is 2.25 bits per heavy atom. The van der Waals surface area contributed by atoms with Crippen LogP contribution in [0.1, 0.15) is 36.2 Å². The summed E-state index contributed by atoms with van der Waals surface area (Å²) in [5.74, 6) is 0.863. The van der Waals surface area contributed by atoms with Crippen molar-refractivity contribution in [1.29, 1.82) is 0 Å². The van der Waals surface area contributed by atoms with Crippen molar-refractivity contribution in [3.63, 3.8) is 0 Å². The molecule has 1 atom stereocenters. The zero-order chi connectivity index (χ0) is 14.8. The highest BCUT2D eigenvalue weighted by Gasteiger charge is 2.35. The average Bonchev–Trinajstić information content (AvgIpc) is 2.84. The van der Waals surface area contributed by atoms with Gasteiger partial charge < -0.3 is 15.4 Å². The number of rotatable bonds is 4. The Bertz CT molecular complexity index is 501. The summed E-state index contributed by atoms with van der Waals surface area (Å²) in [6.07, 6.45) is 0.972. The van der Waals surface area contributed by atoms with Crippen molar-refractivity contribution in [2.24, 2.45) is 11.1 Å². The minimum Gasteiger partial charge on any atom is -0.494 e. The summed E-state index contributed by atoms with van der Waals surface area (Å²) in [6, 6.07) is 5.66. The van der Waals surface area contributed by atoms with Gasteiger partial charge in [0.15, 0.2) is 0 Å². The van der Waals surface area contributed by atoms with E-state index in [0.717, 1.165) is 30.8 Å². The molecule has 1 amide bonds. The fourth-order valence-corrected chi connectivity index (χ4v) is 2.59. The highest BCUT2D eigenvalue weighted by Crippen LogP contribution is 2.30. The molecule has 0 saturated carbocycles. The monoisotopic (exact) mass is 276 g/mol. The number of nitrogens with zero attached hydrogens (tertiary/aromatic N) is 1. The molecule has 0 aromatic heterocycles. The van der Waals surface area contributed by atoms with E-state index in [2.05, 4.69) is 6.92 Å². The lowest BCUT2D eigenvalue weighted by atomic mass is 9.90. The quantitative estimate of drug-likeness (QED) is 0.917. The minimum absolute atomic E-state index is 0.0586. The third-order valence-corrected chi connectivity index (χ3v) is 4.07. The predicted molar refractivity (Wildman–Crippen MR) is 80.0 cm³/mol. The Labute approximate surface area is 120 Å². The summed E-state index contributed by atoms with van der Waals surface area (Å²) >= 11 is 0. The molecule has 0 bridgehead atoms. The normalized spacial score (nSPS) is 22.1. The van der Waals surface area contributed by atoms with Crippen molar-refractivity contribution >= 4 is 5.91 Å². The summed E-state index contributed by atoms with van der Waals surface area (Å²) in [7, 11) is 0. The molecule has 0 spiro atoms. The Hall–Kier alpha value is -1.55. The van der Waals surface area contributed by atoms with E-state index in [1.807, 2.05) is 36.9 Å². The van der Waals surface area contributed by atoms with Gasteiger partial charge in [0.1, 0.15) is 5.75 Å². The number of ether oxygens (including phenoxy) is 1. The zero-order valence-corrected chi connectivity index (χ0v) is 12.6. The van der Waals surface area contributed by atoms with Crippen LogP contribution in [-0.4, -0.2) is 37.0 Å². The van der Waals surface area contributed by atoms with E-state index in [1.165, 1.54) is 0 Å². The second-order valence-corrected chi connectivity index (χ2v) is 5.90. The maximum absolute atomic E-state index is 12.5. The van der Waals surface area contributed by atoms with Gasteiger partial charge in [-0.25, -0.2) is 0 Å². The molecule has 1 aliphatic heterocycles. The summed E-state index contributed by atoms with van der Waals surface area (Å²) < 4.78 is 5.56. The number of hydrogen-bond donors (Lipinski definition) is 1. The first kappa shape index (κ1) is 14.9. The number of carbonyl (C=O) groups is 1. The van der Waals surface area contributed by atoms with E-state index in [9.17, 15) is 4.79 Å². The summed E-state index contributed by atoms with van der Waals surface area (Å²) in [5.41, 5.74) is 7.60. The average molecular weight is 276 g/mol. The van der Waals surface area contributed by atoms with E-state index >= 15 is 0 Å². The molecule has 1 saturated heterocycles. The molecule has 1 aromatic rings. The van der Waals surface area contributed by atoms with Crippen LogP contribution in [0.4, 0.5) is 0 Å². The van der Waals surface area contributed by atoms with Crippen molar-refractivity contribution in [2.45, 2.75) is 27.2 Å². The molecule has 1 unspecified atom stereocenters. The van der Waals surface area contributed by atoms with Gasteiger partial charge in [-0.2, -0.15) is 0 Å². The van der Waals surface area contributed by atoms with Gasteiger partial charge >= 0.3 is 0 Å². The molecule has 4 heteroatoms. The van der Waals surface area contributed by atoms with Gasteiger partial charge in [-0.3, -0.25) is 4.79 Å². The molecule has 0 aliphatic carbocycles. The van der Waals surface area contributed by atoms with Crippen LogP contribution in [-0.2, 0) is 0 Å². The van der Waals surface area contributed by atoms with Crippen molar-refractivity contribution in [3.05, 3.63) is 29.3 Å². The fraction of sp³-hybridized carbons (Fsp3) is 0.562. The Morgan fingerprint density at radius 1 is 1.50 bits per heavy atom. The van der Waals surface area contributed by atoms with Crippen molar-refractivity contribution in [1.82, 2.24) is 4.90 Å². The van der Waals surface area contributed by atoms with E-state index < -0.39 is 0 Å². The van der Waals surface area contributed by atoms with Crippen LogP contribution in [0.15, 0.2) is 18.2 Å². The summed E-state index contributed by atoms with van der Waals surface area (Å²) in [6.45, 7) is 8.82. The van der Waals surface area contributed by atoms with Crippen molar-refractivity contribution in [2.75, 3.05) is 26.2 Å². The van der Waals surface area contributed by atoms with Gasteiger partial charge in [-0.05, 0) is 49.9 Å². The molecular formula is C16H24N2O2. The molecule has 2 N–H and O–H groups in total. The maximum Gasteiger partial charge on any atom is 0.254 e. The lowest BCUT2D eigenvalue weighted by Crippen LogP contribution is -2.34. The van der Waals surface area contributed by atoms with Crippen molar-refractivity contribution in [3.8, 4) is 5.75 Å². The first-order chi connectivity index (χ1) is 9.49. The minimum atomic E-state index is 0.0586. The van der Waals surface area contributed by atoms with Crippen molar-refractivity contribution < 1.29 is 9.53 Å². The highest BCUT2D eigenvalue weighted by molar-refractivity contribution is 5.95. The number of hydrogen-bond acceptors (Lipinski definition) is 3. The van der Waals surface area contributed by atoms with Crippen LogP contribution in [0.25, 0.3) is 0 Å². The van der Waals surface area contributed by atoms with E-state index in [-0.39, 0.29) is 11.3 Å². The second-order valence-electron chi connectivity index (χ2n) is 5.90. The topological polar surface area (TPSA) is 55.6 Å². The molecule has 20 heavy (non-hydrogen) atoms. The molecule has 1 heterocycles. The van der Waals surface area contributed by atoms with Gasteiger partial charge in [0, 0.05) is 18.7 Å². The number of nitrogens with two attached hydrogens (primary N) is 1. The zero-order valence-electron chi connectivity index (χ0n) is 12.6. The van der Waals surface area contributed by atoms with Crippen LogP contribution in [0.5, 0.6) is 5.75 Å². The molecule has 0 radical (unpaired) electrons. The fourth-order valence-electron chi connectivity index (χ4n) is 2.59. The smallest absolute Gasteiger partial charge is 0.254 e. The Kier molecular flexibility index (Phi) is 4.33. The number of amides is 1. The third-order valence-electron chi connectivity index (χ3n) is 4.07. The van der Waals surface area contributed by atoms with Crippen LogP contribution in [0.2, 0.25) is 0 Å². The lowest BCUT2D eigenvalue weighted by molar-refractivity contribution is 0.0776. The van der Waals surface area contributed by atoms with Gasteiger partial charge in [0.25, 0.3) is 5.91 Å². The van der Waals surface area contributed by atoms with Gasteiger partial charge in [0.2, 0.25) is 0 Å². The molecule has 110 valence electrons. The van der Waals surface area contributed by atoms with Crippen LogP contribution >= 0.6 is 0 Å². The second kappa shape index (κ2) is 5.83. The molecule has 1 aromatic carbocycles. The molecule has 1 aliphatic rings. The largest absolute Gasteiger partial charge is 0.494 e. The Morgan fingerprint density at radius 3 is 2.85 bits per heavy atom. The van der Waals surface area contributed by atoms with Crippen LogP contribution in [0, 0.1) is 12.3 Å². The number of carbonyl (C=O) groups excluding carboxylic acids is 1. The summed E-state index contributed by atoms with van der Waals surface area (Å²) in [5, 5.41) is 0. The lowest BCUT2D eigenvalue weighted by Gasteiger charge is -2.22. The number of benzene rings is 1. The first-order valence-corrected chi connectivity index (χ1v) is 7.22. The van der Waals surface area contributed by atoms with E-state index in [1.54, 1.807) is 0 Å². The van der Waals surface area contributed by atoms with Gasteiger partial charge in [-0.15, -0.1) is 0 Å². The van der Waals surface area contributed by atoms with Gasteiger partial charge in [0.05, 0.1) is 6.61 Å².